The molecule has 0 bridgehead atoms. The van der Waals surface area contributed by atoms with E-state index in [0.717, 1.165) is 19.3 Å². The van der Waals surface area contributed by atoms with Crippen LogP contribution >= 0.6 is 0 Å². The van der Waals surface area contributed by atoms with E-state index in [1.54, 1.807) is 0 Å². The Bertz CT molecular complexity index is 149. The zero-order valence-electron chi connectivity index (χ0n) is 5.59. The van der Waals surface area contributed by atoms with Gasteiger partial charge in [0, 0.05) is 0 Å². The Morgan fingerprint density at radius 1 is 1.78 bits per heavy atom. The maximum Gasteiger partial charge on any atom is 0.0804 e. The number of hydrogen-bond acceptors (Lipinski definition) is 2. The van der Waals surface area contributed by atoms with Crippen LogP contribution in [0.4, 0.5) is 0 Å². The summed E-state index contributed by atoms with van der Waals surface area (Å²) in [6.07, 6.45) is 2.25. The van der Waals surface area contributed by atoms with Crippen molar-refractivity contribution in [2.45, 2.75) is 32.3 Å². The zero-order valence-corrected chi connectivity index (χ0v) is 5.59. The number of aliphatic hydroxyl groups is 1. The fourth-order valence-electron chi connectivity index (χ4n) is 1.28. The lowest BCUT2D eigenvalue weighted by Gasteiger charge is -2.17. The molecule has 1 fully saturated rings. The maximum absolute atomic E-state index is 9.23. The van der Waals surface area contributed by atoms with E-state index in [1.165, 1.54) is 0 Å². The standard InChI is InChI=1S/C7H11NO/c1-7(5-8)4-2-3-6(7)9/h6,9H,2-4H2,1H3. The molecule has 2 atom stereocenters. The molecule has 0 aromatic carbocycles. The van der Waals surface area contributed by atoms with E-state index >= 15 is 0 Å². The second-order valence-corrected chi connectivity index (χ2v) is 2.94. The van der Waals surface area contributed by atoms with Crippen molar-refractivity contribution >= 4 is 0 Å². The summed E-state index contributed by atoms with van der Waals surface area (Å²) in [4.78, 5) is 0. The van der Waals surface area contributed by atoms with Gasteiger partial charge in [0.05, 0.1) is 17.6 Å². The topological polar surface area (TPSA) is 44.0 Å². The van der Waals surface area contributed by atoms with Crippen molar-refractivity contribution in [3.8, 4) is 6.07 Å². The summed E-state index contributed by atoms with van der Waals surface area (Å²) in [7, 11) is 0. The average Bonchev–Trinajstić information content (AvgIpc) is 2.15. The molecule has 2 unspecified atom stereocenters. The van der Waals surface area contributed by atoms with Gasteiger partial charge in [-0.3, -0.25) is 0 Å². The summed E-state index contributed by atoms with van der Waals surface area (Å²) < 4.78 is 0. The number of nitriles is 1. The Kier molecular flexibility index (Phi) is 1.46. The molecule has 0 aromatic rings. The third-order valence-electron chi connectivity index (χ3n) is 2.16. The normalized spacial score (nSPS) is 42.6. The molecule has 0 amide bonds. The van der Waals surface area contributed by atoms with E-state index in [9.17, 15) is 5.11 Å². The Morgan fingerprint density at radius 3 is 2.67 bits per heavy atom. The van der Waals surface area contributed by atoms with Crippen LogP contribution in [-0.2, 0) is 0 Å². The number of rotatable bonds is 0. The maximum atomic E-state index is 9.23. The molecule has 1 saturated carbocycles. The molecule has 0 spiro atoms. The van der Waals surface area contributed by atoms with Crippen LogP contribution < -0.4 is 0 Å². The number of aliphatic hydroxyl groups excluding tert-OH is 1. The molecule has 1 aliphatic rings. The fraction of sp³-hybridized carbons (Fsp3) is 0.857. The van der Waals surface area contributed by atoms with Crippen molar-refractivity contribution < 1.29 is 5.11 Å². The van der Waals surface area contributed by atoms with Crippen LogP contribution in [0.1, 0.15) is 26.2 Å². The van der Waals surface area contributed by atoms with Gasteiger partial charge in [0.2, 0.25) is 0 Å². The Balaban J connectivity index is 2.70. The minimum Gasteiger partial charge on any atom is -0.391 e. The van der Waals surface area contributed by atoms with Crippen LogP contribution in [0.5, 0.6) is 0 Å². The van der Waals surface area contributed by atoms with Gasteiger partial charge in [0.15, 0.2) is 0 Å². The van der Waals surface area contributed by atoms with Crippen LogP contribution in [0, 0.1) is 16.7 Å². The highest BCUT2D eigenvalue weighted by Gasteiger charge is 2.37. The molecule has 0 heterocycles. The third-order valence-corrected chi connectivity index (χ3v) is 2.16. The molecule has 1 rings (SSSR count). The van der Waals surface area contributed by atoms with Gasteiger partial charge in [-0.1, -0.05) is 0 Å². The summed E-state index contributed by atoms with van der Waals surface area (Å²) in [5.74, 6) is 0. The fourth-order valence-corrected chi connectivity index (χ4v) is 1.28. The first kappa shape index (κ1) is 6.57. The predicted octanol–water partition coefficient (Wildman–Crippen LogP) is 1.06. The highest BCUT2D eigenvalue weighted by molar-refractivity contribution is 5.03. The van der Waals surface area contributed by atoms with Crippen LogP contribution in [0.2, 0.25) is 0 Å². The second kappa shape index (κ2) is 2.00. The predicted molar refractivity (Wildman–Crippen MR) is 33.6 cm³/mol. The summed E-state index contributed by atoms with van der Waals surface area (Å²) in [5, 5.41) is 17.8. The monoisotopic (exact) mass is 125 g/mol. The minimum absolute atomic E-state index is 0.387. The van der Waals surface area contributed by atoms with Gasteiger partial charge in [0.25, 0.3) is 0 Å². The van der Waals surface area contributed by atoms with Gasteiger partial charge in [0.1, 0.15) is 0 Å². The van der Waals surface area contributed by atoms with Gasteiger partial charge in [-0.25, -0.2) is 0 Å². The first-order valence-electron chi connectivity index (χ1n) is 3.28. The van der Waals surface area contributed by atoms with Gasteiger partial charge in [-0.15, -0.1) is 0 Å². The average molecular weight is 125 g/mol. The number of hydrogen-bond donors (Lipinski definition) is 1. The Labute approximate surface area is 55.1 Å². The largest absolute Gasteiger partial charge is 0.391 e. The SMILES string of the molecule is CC1(C#N)CCCC1O. The summed E-state index contributed by atoms with van der Waals surface area (Å²) in [5.41, 5.74) is -0.444. The molecule has 2 heteroatoms. The van der Waals surface area contributed by atoms with Gasteiger partial charge in [-0.2, -0.15) is 5.26 Å². The minimum atomic E-state index is -0.444. The highest BCUT2D eigenvalue weighted by Crippen LogP contribution is 2.36. The van der Waals surface area contributed by atoms with E-state index in [2.05, 4.69) is 6.07 Å². The first-order valence-corrected chi connectivity index (χ1v) is 3.28. The quantitative estimate of drug-likeness (QED) is 0.526. The smallest absolute Gasteiger partial charge is 0.0804 e. The molecule has 50 valence electrons. The summed E-state index contributed by atoms with van der Waals surface area (Å²) in [6, 6.07) is 2.14. The number of nitrogens with zero attached hydrogens (tertiary/aromatic N) is 1. The van der Waals surface area contributed by atoms with Crippen molar-refractivity contribution in [2.24, 2.45) is 5.41 Å². The van der Waals surface area contributed by atoms with Crippen LogP contribution in [0.25, 0.3) is 0 Å². The third kappa shape index (κ3) is 0.927. The van der Waals surface area contributed by atoms with E-state index in [0.29, 0.717) is 0 Å². The van der Waals surface area contributed by atoms with Crippen LogP contribution in [0.3, 0.4) is 0 Å². The zero-order chi connectivity index (χ0) is 6.91. The van der Waals surface area contributed by atoms with Crippen LogP contribution in [0.15, 0.2) is 0 Å². The highest BCUT2D eigenvalue weighted by atomic mass is 16.3. The van der Waals surface area contributed by atoms with E-state index in [-0.39, 0.29) is 6.10 Å². The molecule has 0 aromatic heterocycles. The molecule has 0 radical (unpaired) electrons. The molecule has 9 heavy (non-hydrogen) atoms. The van der Waals surface area contributed by atoms with Crippen molar-refractivity contribution in [3.05, 3.63) is 0 Å². The summed E-state index contributed by atoms with van der Waals surface area (Å²) >= 11 is 0. The second-order valence-electron chi connectivity index (χ2n) is 2.94. The van der Waals surface area contributed by atoms with E-state index < -0.39 is 5.41 Å². The van der Waals surface area contributed by atoms with Crippen molar-refractivity contribution in [3.63, 3.8) is 0 Å². The molecule has 0 saturated heterocycles. The molecule has 1 N–H and O–H groups in total. The van der Waals surface area contributed by atoms with Crippen molar-refractivity contribution in [1.29, 1.82) is 5.26 Å². The van der Waals surface area contributed by atoms with Gasteiger partial charge >= 0.3 is 0 Å². The Hall–Kier alpha value is -0.550. The molecular formula is C7H11NO. The van der Waals surface area contributed by atoms with Crippen LogP contribution in [-0.4, -0.2) is 11.2 Å². The van der Waals surface area contributed by atoms with Crippen molar-refractivity contribution in [2.75, 3.05) is 0 Å². The molecule has 2 nitrogen and oxygen atoms in total. The lowest BCUT2D eigenvalue weighted by molar-refractivity contribution is 0.103. The first-order chi connectivity index (χ1) is 4.19. The molecule has 0 aliphatic heterocycles. The lowest BCUT2D eigenvalue weighted by atomic mass is 9.89. The Morgan fingerprint density at radius 2 is 2.44 bits per heavy atom. The van der Waals surface area contributed by atoms with E-state index in [4.69, 9.17) is 5.26 Å². The van der Waals surface area contributed by atoms with Gasteiger partial charge in [-0.05, 0) is 26.2 Å². The van der Waals surface area contributed by atoms with E-state index in [1.807, 2.05) is 6.92 Å². The lowest BCUT2D eigenvalue weighted by Crippen LogP contribution is -2.23. The summed E-state index contributed by atoms with van der Waals surface area (Å²) in [6.45, 7) is 1.82. The van der Waals surface area contributed by atoms with Crippen molar-refractivity contribution in [1.82, 2.24) is 0 Å². The molecular weight excluding hydrogens is 114 g/mol. The molecule has 1 aliphatic carbocycles. The van der Waals surface area contributed by atoms with Gasteiger partial charge < -0.3 is 5.11 Å².